The smallest absolute Gasteiger partial charge is 0.197 e. The van der Waals surface area contributed by atoms with E-state index in [2.05, 4.69) is 16.8 Å². The van der Waals surface area contributed by atoms with Crippen LogP contribution >= 0.6 is 0 Å². The summed E-state index contributed by atoms with van der Waals surface area (Å²) in [6, 6.07) is 25.7. The maximum atomic E-state index is 10.4. The molecule has 0 fully saturated rings. The first-order valence-corrected chi connectivity index (χ1v) is 7.79. The molecule has 4 aromatic rings. The lowest BCUT2D eigenvalue weighted by atomic mass is 10.0. The normalized spacial score (nSPS) is 10.3. The molecular formula is C22H15NO. The second-order valence-electron chi connectivity index (χ2n) is 5.56. The highest BCUT2D eigenvalue weighted by Gasteiger charge is 2.14. The van der Waals surface area contributed by atoms with Crippen LogP contribution in [0.15, 0.2) is 78.9 Å². The zero-order valence-corrected chi connectivity index (χ0v) is 13.0. The minimum atomic E-state index is 0.171. The maximum Gasteiger partial charge on any atom is 0.197 e. The quantitative estimate of drug-likeness (QED) is 0.480. The molecule has 0 aliphatic heterocycles. The Bertz CT molecular complexity index is 1050. The Morgan fingerprint density at radius 1 is 0.708 bits per heavy atom. The van der Waals surface area contributed by atoms with E-state index in [4.69, 9.17) is 0 Å². The molecule has 0 spiro atoms. The molecule has 24 heavy (non-hydrogen) atoms. The topological polar surface area (TPSA) is 36.0 Å². The summed E-state index contributed by atoms with van der Waals surface area (Å²) in [5, 5.41) is 11.3. The second-order valence-corrected chi connectivity index (χ2v) is 5.56. The fourth-order valence-electron chi connectivity index (χ4n) is 2.89. The Labute approximate surface area is 140 Å². The summed E-state index contributed by atoms with van der Waals surface area (Å²) in [7, 11) is 0. The van der Waals surface area contributed by atoms with Gasteiger partial charge < -0.3 is 10.1 Å². The van der Waals surface area contributed by atoms with Gasteiger partial charge in [0.05, 0.1) is 11.1 Å². The lowest BCUT2D eigenvalue weighted by Gasteiger charge is -2.02. The van der Waals surface area contributed by atoms with Crippen LogP contribution < -0.4 is 0 Å². The van der Waals surface area contributed by atoms with E-state index >= 15 is 0 Å². The largest absolute Gasteiger partial charge is 0.494 e. The van der Waals surface area contributed by atoms with Gasteiger partial charge in [-0.25, -0.2) is 0 Å². The van der Waals surface area contributed by atoms with Crippen molar-refractivity contribution in [3.8, 4) is 28.8 Å². The number of aromatic nitrogens is 1. The average molecular weight is 309 g/mol. The summed E-state index contributed by atoms with van der Waals surface area (Å²) >= 11 is 0. The summed E-state index contributed by atoms with van der Waals surface area (Å²) in [5.74, 6) is 6.61. The molecule has 0 radical (unpaired) electrons. The standard InChI is InChI=1S/C22H15NO/c24-22-21(17-10-5-2-6-11-17)20-18(12-7-13-19(20)23-22)15-14-16-8-3-1-4-9-16/h1-13,23-24H. The zero-order valence-electron chi connectivity index (χ0n) is 13.0. The second kappa shape index (κ2) is 5.98. The molecule has 4 rings (SSSR count). The molecule has 2 N–H and O–H groups in total. The number of aromatic hydroxyl groups is 1. The Morgan fingerprint density at radius 3 is 2.17 bits per heavy atom. The van der Waals surface area contributed by atoms with Crippen molar-refractivity contribution < 1.29 is 5.11 Å². The van der Waals surface area contributed by atoms with Crippen LogP contribution in [0, 0.1) is 11.8 Å². The average Bonchev–Trinajstić information content (AvgIpc) is 2.98. The van der Waals surface area contributed by atoms with Gasteiger partial charge in [-0.1, -0.05) is 66.4 Å². The van der Waals surface area contributed by atoms with Crippen molar-refractivity contribution in [2.75, 3.05) is 0 Å². The number of fused-ring (bicyclic) bond motifs is 1. The van der Waals surface area contributed by atoms with Crippen LogP contribution in [0.2, 0.25) is 0 Å². The Balaban J connectivity index is 1.93. The van der Waals surface area contributed by atoms with E-state index in [0.717, 1.165) is 33.2 Å². The van der Waals surface area contributed by atoms with Gasteiger partial charge in [-0.3, -0.25) is 0 Å². The Hall–Kier alpha value is -3.44. The van der Waals surface area contributed by atoms with Gasteiger partial charge in [0.15, 0.2) is 5.88 Å². The van der Waals surface area contributed by atoms with Gasteiger partial charge in [0.1, 0.15) is 0 Å². The van der Waals surface area contributed by atoms with Gasteiger partial charge >= 0.3 is 0 Å². The summed E-state index contributed by atoms with van der Waals surface area (Å²) in [4.78, 5) is 3.05. The molecule has 1 aromatic heterocycles. The number of hydrogen-bond acceptors (Lipinski definition) is 1. The SMILES string of the molecule is Oc1[nH]c2cccc(C#Cc3ccccc3)c2c1-c1ccccc1. The molecule has 114 valence electrons. The van der Waals surface area contributed by atoms with Crippen molar-refractivity contribution in [1.82, 2.24) is 4.98 Å². The Morgan fingerprint density at radius 2 is 1.42 bits per heavy atom. The third-order valence-corrected chi connectivity index (χ3v) is 3.98. The summed E-state index contributed by atoms with van der Waals surface area (Å²) in [6.07, 6.45) is 0. The fraction of sp³-hybridized carbons (Fsp3) is 0. The van der Waals surface area contributed by atoms with E-state index in [1.807, 2.05) is 78.9 Å². The van der Waals surface area contributed by atoms with E-state index in [1.165, 1.54) is 0 Å². The Kier molecular flexibility index (Phi) is 3.53. The molecule has 2 heteroatoms. The van der Waals surface area contributed by atoms with E-state index < -0.39 is 0 Å². The number of benzene rings is 3. The highest BCUT2D eigenvalue weighted by molar-refractivity contribution is 6.02. The van der Waals surface area contributed by atoms with E-state index in [9.17, 15) is 5.11 Å². The molecule has 1 heterocycles. The summed E-state index contributed by atoms with van der Waals surface area (Å²) < 4.78 is 0. The van der Waals surface area contributed by atoms with Crippen molar-refractivity contribution in [1.29, 1.82) is 0 Å². The molecule has 0 amide bonds. The predicted molar refractivity (Wildman–Crippen MR) is 97.8 cm³/mol. The van der Waals surface area contributed by atoms with Crippen LogP contribution in [0.3, 0.4) is 0 Å². The molecule has 0 aliphatic carbocycles. The molecule has 3 aromatic carbocycles. The molecule has 0 aliphatic rings. The predicted octanol–water partition coefficient (Wildman–Crippen LogP) is 4.94. The van der Waals surface area contributed by atoms with Crippen LogP contribution in [0.4, 0.5) is 0 Å². The number of hydrogen-bond donors (Lipinski definition) is 2. The van der Waals surface area contributed by atoms with Gasteiger partial charge in [-0.05, 0) is 29.8 Å². The van der Waals surface area contributed by atoms with Gasteiger partial charge in [0, 0.05) is 16.5 Å². The van der Waals surface area contributed by atoms with Gasteiger partial charge in [-0.15, -0.1) is 0 Å². The van der Waals surface area contributed by atoms with Crippen molar-refractivity contribution in [2.45, 2.75) is 0 Å². The molecule has 0 saturated heterocycles. The lowest BCUT2D eigenvalue weighted by molar-refractivity contribution is 0.460. The molecule has 0 bridgehead atoms. The van der Waals surface area contributed by atoms with Crippen molar-refractivity contribution in [3.63, 3.8) is 0 Å². The lowest BCUT2D eigenvalue weighted by Crippen LogP contribution is -1.81. The third kappa shape index (κ3) is 2.53. The van der Waals surface area contributed by atoms with Crippen LogP contribution in [0.5, 0.6) is 5.88 Å². The number of H-pyrrole nitrogens is 1. The zero-order chi connectivity index (χ0) is 16.4. The van der Waals surface area contributed by atoms with E-state index in [1.54, 1.807) is 0 Å². The fourth-order valence-corrected chi connectivity index (χ4v) is 2.89. The third-order valence-electron chi connectivity index (χ3n) is 3.98. The molecule has 0 atom stereocenters. The van der Waals surface area contributed by atoms with Crippen molar-refractivity contribution in [2.24, 2.45) is 0 Å². The van der Waals surface area contributed by atoms with Gasteiger partial charge in [0.2, 0.25) is 0 Å². The minimum Gasteiger partial charge on any atom is -0.494 e. The summed E-state index contributed by atoms with van der Waals surface area (Å²) in [6.45, 7) is 0. The van der Waals surface area contributed by atoms with E-state index in [0.29, 0.717) is 0 Å². The monoisotopic (exact) mass is 309 g/mol. The first-order chi connectivity index (χ1) is 11.8. The minimum absolute atomic E-state index is 0.171. The van der Waals surface area contributed by atoms with Crippen molar-refractivity contribution in [3.05, 3.63) is 90.0 Å². The van der Waals surface area contributed by atoms with E-state index in [-0.39, 0.29) is 5.88 Å². The van der Waals surface area contributed by atoms with Crippen molar-refractivity contribution >= 4 is 10.9 Å². The maximum absolute atomic E-state index is 10.4. The van der Waals surface area contributed by atoms with Gasteiger partial charge in [-0.2, -0.15) is 0 Å². The molecule has 0 saturated carbocycles. The molecule has 0 unspecified atom stereocenters. The highest BCUT2D eigenvalue weighted by atomic mass is 16.3. The molecule has 2 nitrogen and oxygen atoms in total. The molecular weight excluding hydrogens is 294 g/mol. The number of aromatic amines is 1. The highest BCUT2D eigenvalue weighted by Crippen LogP contribution is 2.38. The number of nitrogens with one attached hydrogen (secondary N) is 1. The van der Waals surface area contributed by atoms with Crippen LogP contribution in [0.1, 0.15) is 11.1 Å². The van der Waals surface area contributed by atoms with Crippen LogP contribution in [0.25, 0.3) is 22.0 Å². The first kappa shape index (κ1) is 14.2. The number of rotatable bonds is 1. The van der Waals surface area contributed by atoms with Crippen LogP contribution in [-0.2, 0) is 0 Å². The van der Waals surface area contributed by atoms with Gasteiger partial charge in [0.25, 0.3) is 0 Å². The first-order valence-electron chi connectivity index (χ1n) is 7.79. The summed E-state index contributed by atoms with van der Waals surface area (Å²) in [5.41, 5.74) is 4.51. The van der Waals surface area contributed by atoms with Crippen LogP contribution in [-0.4, -0.2) is 10.1 Å².